The number of phenols is 1. The van der Waals surface area contributed by atoms with Crippen LogP contribution in [0, 0.1) is 11.8 Å². The number of phenolic OH excluding ortho intramolecular Hbond substituents is 1. The Morgan fingerprint density at radius 3 is 2.50 bits per heavy atom. The number of amides is 1. The summed E-state index contributed by atoms with van der Waals surface area (Å²) in [5, 5.41) is 9.37. The van der Waals surface area contributed by atoms with E-state index in [1.54, 1.807) is 36.7 Å². The zero-order chi connectivity index (χ0) is 16.5. The molecule has 2 aromatic rings. The number of piperidine rings is 1. The Labute approximate surface area is 140 Å². The first-order chi connectivity index (χ1) is 11.7. The van der Waals surface area contributed by atoms with Gasteiger partial charge in [0.05, 0.1) is 0 Å². The molecule has 6 heteroatoms. The van der Waals surface area contributed by atoms with Crippen molar-refractivity contribution in [2.75, 3.05) is 31.1 Å². The lowest BCUT2D eigenvalue weighted by molar-refractivity contribution is 0.0784. The lowest BCUT2D eigenvalue weighted by Gasteiger charge is -2.34. The van der Waals surface area contributed by atoms with E-state index in [0.29, 0.717) is 17.4 Å². The Hall–Kier alpha value is -2.63. The van der Waals surface area contributed by atoms with Gasteiger partial charge in [0, 0.05) is 44.1 Å². The minimum atomic E-state index is 0.0481. The molecule has 0 saturated carbocycles. The van der Waals surface area contributed by atoms with Gasteiger partial charge in [-0.05, 0) is 48.6 Å². The molecule has 0 unspecified atom stereocenters. The van der Waals surface area contributed by atoms with Crippen LogP contribution in [-0.4, -0.2) is 52.1 Å². The van der Waals surface area contributed by atoms with Crippen LogP contribution in [0.15, 0.2) is 42.7 Å². The van der Waals surface area contributed by atoms with E-state index >= 15 is 0 Å². The molecule has 2 aliphatic heterocycles. The first kappa shape index (κ1) is 14.9. The van der Waals surface area contributed by atoms with E-state index in [4.69, 9.17) is 0 Å². The molecule has 1 N–H and O–H groups in total. The second-order valence-corrected chi connectivity index (χ2v) is 6.56. The van der Waals surface area contributed by atoms with E-state index in [9.17, 15) is 9.90 Å². The zero-order valence-corrected chi connectivity index (χ0v) is 13.4. The largest absolute Gasteiger partial charge is 0.508 e. The third kappa shape index (κ3) is 2.79. The summed E-state index contributed by atoms with van der Waals surface area (Å²) < 4.78 is 0. The van der Waals surface area contributed by atoms with E-state index in [0.717, 1.165) is 38.5 Å². The molecule has 24 heavy (non-hydrogen) atoms. The van der Waals surface area contributed by atoms with Crippen LogP contribution < -0.4 is 4.90 Å². The fourth-order valence-corrected chi connectivity index (χ4v) is 3.76. The Morgan fingerprint density at radius 2 is 1.75 bits per heavy atom. The number of anilines is 1. The number of aromatic nitrogens is 2. The summed E-state index contributed by atoms with van der Waals surface area (Å²) in [4.78, 5) is 25.5. The second kappa shape index (κ2) is 6.11. The summed E-state index contributed by atoms with van der Waals surface area (Å²) in [6.07, 6.45) is 4.59. The number of hydrogen-bond acceptors (Lipinski definition) is 5. The van der Waals surface area contributed by atoms with Crippen LogP contribution in [0.2, 0.25) is 0 Å². The molecule has 0 bridgehead atoms. The van der Waals surface area contributed by atoms with Crippen LogP contribution >= 0.6 is 0 Å². The number of carbonyl (C=O) groups is 1. The van der Waals surface area contributed by atoms with Crippen molar-refractivity contribution in [3.63, 3.8) is 0 Å². The highest BCUT2D eigenvalue weighted by molar-refractivity contribution is 5.94. The van der Waals surface area contributed by atoms with E-state index in [-0.39, 0.29) is 11.7 Å². The molecule has 2 aliphatic rings. The van der Waals surface area contributed by atoms with Gasteiger partial charge in [-0.15, -0.1) is 0 Å². The van der Waals surface area contributed by atoms with Gasteiger partial charge in [0.2, 0.25) is 5.95 Å². The molecule has 2 atom stereocenters. The summed E-state index contributed by atoms with van der Waals surface area (Å²) in [5.41, 5.74) is 0.634. The predicted octanol–water partition coefficient (Wildman–Crippen LogP) is 1.78. The topological polar surface area (TPSA) is 69.6 Å². The first-order valence-corrected chi connectivity index (χ1v) is 8.31. The van der Waals surface area contributed by atoms with Crippen LogP contribution in [-0.2, 0) is 0 Å². The molecule has 2 saturated heterocycles. The minimum absolute atomic E-state index is 0.0481. The van der Waals surface area contributed by atoms with Crippen molar-refractivity contribution in [1.29, 1.82) is 0 Å². The molecule has 6 nitrogen and oxygen atoms in total. The summed E-state index contributed by atoms with van der Waals surface area (Å²) in [6, 6.07) is 8.31. The van der Waals surface area contributed by atoms with E-state index in [1.807, 2.05) is 11.0 Å². The first-order valence-electron chi connectivity index (χ1n) is 8.31. The fourth-order valence-electron chi connectivity index (χ4n) is 3.76. The van der Waals surface area contributed by atoms with E-state index in [2.05, 4.69) is 14.9 Å². The molecule has 1 aromatic carbocycles. The quantitative estimate of drug-likeness (QED) is 0.912. The predicted molar refractivity (Wildman–Crippen MR) is 89.9 cm³/mol. The average molecular weight is 324 g/mol. The second-order valence-electron chi connectivity index (χ2n) is 6.56. The van der Waals surface area contributed by atoms with Crippen LogP contribution in [0.5, 0.6) is 5.75 Å². The highest BCUT2D eigenvalue weighted by atomic mass is 16.3. The molecule has 3 heterocycles. The Balaban J connectivity index is 1.44. The Kier molecular flexibility index (Phi) is 3.80. The monoisotopic (exact) mass is 324 g/mol. The molecule has 1 amide bonds. The zero-order valence-electron chi connectivity index (χ0n) is 13.4. The summed E-state index contributed by atoms with van der Waals surface area (Å²) in [6.45, 7) is 3.42. The van der Waals surface area contributed by atoms with Crippen molar-refractivity contribution in [3.8, 4) is 5.75 Å². The average Bonchev–Trinajstić information content (AvgIpc) is 3.06. The highest BCUT2D eigenvalue weighted by Gasteiger charge is 2.39. The number of fused-ring (bicyclic) bond motifs is 1. The SMILES string of the molecule is O=C(c1ccc(O)cc1)N1C[C@H]2CCN(c3ncccn3)C[C@H]2C1. The van der Waals surface area contributed by atoms with Crippen LogP contribution in [0.1, 0.15) is 16.8 Å². The Morgan fingerprint density at radius 1 is 1.04 bits per heavy atom. The molecule has 0 radical (unpaired) electrons. The standard InChI is InChI=1S/C18H20N4O2/c23-16-4-2-13(3-5-16)17(24)22-10-14-6-9-21(11-15(14)12-22)18-19-7-1-8-20-18/h1-5,7-8,14-15,23H,6,9-12H2/t14-,15+/m1/s1. The van der Waals surface area contributed by atoms with Crippen molar-refractivity contribution in [2.24, 2.45) is 11.8 Å². The number of likely N-dealkylation sites (tertiary alicyclic amines) is 1. The molecule has 4 rings (SSSR count). The maximum atomic E-state index is 12.7. The van der Waals surface area contributed by atoms with Crippen LogP contribution in [0.4, 0.5) is 5.95 Å². The Bertz CT molecular complexity index is 720. The number of nitrogens with zero attached hydrogens (tertiary/aromatic N) is 4. The lowest BCUT2D eigenvalue weighted by atomic mass is 9.89. The van der Waals surface area contributed by atoms with Crippen molar-refractivity contribution >= 4 is 11.9 Å². The van der Waals surface area contributed by atoms with Crippen molar-refractivity contribution in [2.45, 2.75) is 6.42 Å². The van der Waals surface area contributed by atoms with E-state index < -0.39 is 0 Å². The molecule has 124 valence electrons. The van der Waals surface area contributed by atoms with Gasteiger partial charge < -0.3 is 14.9 Å². The summed E-state index contributed by atoms with van der Waals surface area (Å²) >= 11 is 0. The molecule has 0 aliphatic carbocycles. The van der Waals surface area contributed by atoms with Crippen molar-refractivity contribution in [1.82, 2.24) is 14.9 Å². The van der Waals surface area contributed by atoms with Crippen molar-refractivity contribution in [3.05, 3.63) is 48.3 Å². The van der Waals surface area contributed by atoms with Gasteiger partial charge >= 0.3 is 0 Å². The third-order valence-corrected chi connectivity index (χ3v) is 5.04. The number of carbonyl (C=O) groups excluding carboxylic acids is 1. The molecular formula is C18H20N4O2. The molecule has 1 aromatic heterocycles. The molecule has 2 fully saturated rings. The number of benzene rings is 1. The third-order valence-electron chi connectivity index (χ3n) is 5.04. The van der Waals surface area contributed by atoms with Crippen molar-refractivity contribution < 1.29 is 9.90 Å². The lowest BCUT2D eigenvalue weighted by Crippen LogP contribution is -2.40. The van der Waals surface area contributed by atoms with Gasteiger partial charge in [-0.25, -0.2) is 9.97 Å². The minimum Gasteiger partial charge on any atom is -0.508 e. The molecule has 0 spiro atoms. The fraction of sp³-hybridized carbons (Fsp3) is 0.389. The van der Waals surface area contributed by atoms with Gasteiger partial charge in [-0.1, -0.05) is 0 Å². The van der Waals surface area contributed by atoms with Gasteiger partial charge in [0.25, 0.3) is 5.91 Å². The molecular weight excluding hydrogens is 304 g/mol. The van der Waals surface area contributed by atoms with Gasteiger partial charge in [0.1, 0.15) is 5.75 Å². The number of hydrogen-bond donors (Lipinski definition) is 1. The maximum Gasteiger partial charge on any atom is 0.253 e. The summed E-state index contributed by atoms with van der Waals surface area (Å²) in [5.74, 6) is 2.01. The highest BCUT2D eigenvalue weighted by Crippen LogP contribution is 2.33. The van der Waals surface area contributed by atoms with Gasteiger partial charge in [-0.2, -0.15) is 0 Å². The maximum absolute atomic E-state index is 12.7. The number of rotatable bonds is 2. The van der Waals surface area contributed by atoms with Gasteiger partial charge in [-0.3, -0.25) is 4.79 Å². The van der Waals surface area contributed by atoms with Crippen LogP contribution in [0.25, 0.3) is 0 Å². The van der Waals surface area contributed by atoms with E-state index in [1.165, 1.54) is 0 Å². The summed E-state index contributed by atoms with van der Waals surface area (Å²) in [7, 11) is 0. The van der Waals surface area contributed by atoms with Crippen LogP contribution in [0.3, 0.4) is 0 Å². The smallest absolute Gasteiger partial charge is 0.253 e. The van der Waals surface area contributed by atoms with Gasteiger partial charge in [0.15, 0.2) is 0 Å². The normalized spacial score (nSPS) is 23.2. The number of aromatic hydroxyl groups is 1.